The Morgan fingerprint density at radius 3 is 2.82 bits per heavy atom. The van der Waals surface area contributed by atoms with E-state index in [0.29, 0.717) is 18.7 Å². The molecule has 98 valence electrons. The second-order valence-electron chi connectivity index (χ2n) is 3.64. The minimum atomic E-state index is -3.31. The molecule has 0 aliphatic rings. The van der Waals surface area contributed by atoms with Crippen LogP contribution in [0.3, 0.4) is 0 Å². The number of nitrogens with one attached hydrogen (secondary N) is 1. The summed E-state index contributed by atoms with van der Waals surface area (Å²) in [6, 6.07) is 0. The van der Waals surface area contributed by atoms with Crippen molar-refractivity contribution in [2.24, 2.45) is 0 Å². The Bertz CT molecular complexity index is 427. The fourth-order valence-corrected chi connectivity index (χ4v) is 2.31. The summed E-state index contributed by atoms with van der Waals surface area (Å²) in [7, 11) is -3.31. The van der Waals surface area contributed by atoms with Gasteiger partial charge in [0.25, 0.3) is 0 Å². The number of aliphatic hydroxyl groups excluding tert-OH is 1. The molecule has 0 spiro atoms. The molecule has 0 radical (unpaired) electrons. The van der Waals surface area contributed by atoms with Crippen LogP contribution in [0.15, 0.2) is 10.6 Å². The van der Waals surface area contributed by atoms with Crippen LogP contribution in [0.2, 0.25) is 0 Å². The lowest BCUT2D eigenvalue weighted by Crippen LogP contribution is -2.26. The van der Waals surface area contributed by atoms with E-state index >= 15 is 0 Å². The van der Waals surface area contributed by atoms with E-state index in [1.54, 1.807) is 6.20 Å². The zero-order valence-corrected chi connectivity index (χ0v) is 10.7. The predicted molar refractivity (Wildman–Crippen MR) is 62.8 cm³/mol. The second-order valence-corrected chi connectivity index (χ2v) is 5.57. The molecule has 0 bridgehead atoms. The van der Waals surface area contributed by atoms with Gasteiger partial charge in [0.1, 0.15) is 5.76 Å². The highest BCUT2D eigenvalue weighted by Gasteiger charge is 2.11. The van der Waals surface area contributed by atoms with E-state index in [0.717, 1.165) is 12.2 Å². The van der Waals surface area contributed by atoms with E-state index < -0.39 is 10.0 Å². The Balaban J connectivity index is 2.38. The quantitative estimate of drug-likeness (QED) is 0.663. The molecular weight excluding hydrogens is 244 g/mol. The van der Waals surface area contributed by atoms with Crippen LogP contribution in [0.4, 0.5) is 0 Å². The summed E-state index contributed by atoms with van der Waals surface area (Å²) in [6.07, 6.45) is 3.25. The maximum absolute atomic E-state index is 11.5. The highest BCUT2D eigenvalue weighted by molar-refractivity contribution is 7.89. The molecule has 0 fully saturated rings. The van der Waals surface area contributed by atoms with Crippen LogP contribution in [0, 0.1) is 0 Å². The highest BCUT2D eigenvalue weighted by atomic mass is 32.2. The summed E-state index contributed by atoms with van der Waals surface area (Å²) in [5.41, 5.74) is 0. The van der Waals surface area contributed by atoms with Crippen molar-refractivity contribution in [3.8, 4) is 0 Å². The molecule has 17 heavy (non-hydrogen) atoms. The van der Waals surface area contributed by atoms with Crippen molar-refractivity contribution >= 4 is 10.0 Å². The van der Waals surface area contributed by atoms with Crippen molar-refractivity contribution < 1.29 is 17.9 Å². The largest absolute Gasteiger partial charge is 0.444 e. The predicted octanol–water partition coefficient (Wildman–Crippen LogP) is 0.429. The summed E-state index contributed by atoms with van der Waals surface area (Å²) in [6.45, 7) is 2.01. The molecule has 0 aliphatic carbocycles. The molecular formula is C10H18N2O4S. The van der Waals surface area contributed by atoms with Crippen molar-refractivity contribution in [3.05, 3.63) is 17.8 Å². The van der Waals surface area contributed by atoms with Gasteiger partial charge in [0, 0.05) is 13.0 Å². The Labute approximate surface area is 101 Å². The molecule has 1 rings (SSSR count). The number of aromatic nitrogens is 1. The molecule has 0 aromatic carbocycles. The summed E-state index contributed by atoms with van der Waals surface area (Å²) < 4.78 is 30.7. The van der Waals surface area contributed by atoms with Gasteiger partial charge in [0.2, 0.25) is 15.9 Å². The van der Waals surface area contributed by atoms with Crippen LogP contribution in [0.5, 0.6) is 0 Å². The number of aryl methyl sites for hydroxylation is 1. The first-order valence-electron chi connectivity index (χ1n) is 5.59. The average Bonchev–Trinajstić information content (AvgIpc) is 2.75. The molecule has 0 unspecified atom stereocenters. The van der Waals surface area contributed by atoms with Crippen LogP contribution in [-0.4, -0.2) is 30.9 Å². The monoisotopic (exact) mass is 262 g/mol. The molecule has 0 atom stereocenters. The third-order valence-electron chi connectivity index (χ3n) is 2.21. The molecule has 1 aromatic heterocycles. The van der Waals surface area contributed by atoms with Crippen LogP contribution in [0.1, 0.15) is 31.4 Å². The molecule has 6 nitrogen and oxygen atoms in total. The van der Waals surface area contributed by atoms with Gasteiger partial charge in [-0.1, -0.05) is 6.92 Å². The van der Waals surface area contributed by atoms with Crippen LogP contribution in [0.25, 0.3) is 0 Å². The minimum Gasteiger partial charge on any atom is -0.444 e. The zero-order chi connectivity index (χ0) is 12.7. The molecule has 0 saturated heterocycles. The van der Waals surface area contributed by atoms with Crippen LogP contribution in [-0.2, 0) is 23.0 Å². The summed E-state index contributed by atoms with van der Waals surface area (Å²) in [5, 5.41) is 8.56. The lowest BCUT2D eigenvalue weighted by molar-refractivity contribution is 0.287. The highest BCUT2D eigenvalue weighted by Crippen LogP contribution is 2.04. The Morgan fingerprint density at radius 2 is 2.24 bits per heavy atom. The third kappa shape index (κ3) is 5.29. The first kappa shape index (κ1) is 14.1. The maximum Gasteiger partial charge on any atom is 0.212 e. The van der Waals surface area contributed by atoms with Gasteiger partial charge in [-0.25, -0.2) is 18.1 Å². The van der Waals surface area contributed by atoms with E-state index in [-0.39, 0.29) is 18.9 Å². The van der Waals surface area contributed by atoms with Crippen LogP contribution >= 0.6 is 0 Å². The number of rotatable bonds is 8. The lowest BCUT2D eigenvalue weighted by Gasteiger charge is -2.03. The van der Waals surface area contributed by atoms with E-state index in [1.807, 2.05) is 6.92 Å². The molecule has 0 aliphatic heterocycles. The number of oxazole rings is 1. The van der Waals surface area contributed by atoms with Gasteiger partial charge < -0.3 is 9.52 Å². The second kappa shape index (κ2) is 6.73. The lowest BCUT2D eigenvalue weighted by atomic mass is 10.4. The van der Waals surface area contributed by atoms with Gasteiger partial charge in [0.05, 0.1) is 18.5 Å². The molecule has 7 heteroatoms. The normalized spacial score (nSPS) is 11.9. The number of hydrogen-bond donors (Lipinski definition) is 2. The number of sulfonamides is 1. The Kier molecular flexibility index (Phi) is 5.60. The Hall–Kier alpha value is -0.920. The van der Waals surface area contributed by atoms with Crippen LogP contribution < -0.4 is 4.72 Å². The average molecular weight is 262 g/mol. The smallest absolute Gasteiger partial charge is 0.212 e. The van der Waals surface area contributed by atoms with Gasteiger partial charge in [-0.05, 0) is 12.8 Å². The van der Waals surface area contributed by atoms with E-state index in [1.165, 1.54) is 0 Å². The van der Waals surface area contributed by atoms with Crippen molar-refractivity contribution in [1.29, 1.82) is 0 Å². The molecule has 0 amide bonds. The van der Waals surface area contributed by atoms with E-state index in [4.69, 9.17) is 9.52 Å². The topological polar surface area (TPSA) is 92.4 Å². The molecule has 2 N–H and O–H groups in total. The number of unbranched alkanes of at least 4 members (excludes halogenated alkanes) is 1. The summed E-state index contributed by atoms with van der Waals surface area (Å²) >= 11 is 0. The first-order chi connectivity index (χ1) is 8.07. The summed E-state index contributed by atoms with van der Waals surface area (Å²) in [4.78, 5) is 3.95. The molecule has 0 saturated carbocycles. The van der Waals surface area contributed by atoms with E-state index in [2.05, 4.69) is 9.71 Å². The van der Waals surface area contributed by atoms with Gasteiger partial charge in [-0.3, -0.25) is 0 Å². The van der Waals surface area contributed by atoms with Crippen molar-refractivity contribution in [2.45, 2.75) is 32.7 Å². The number of hydrogen-bond acceptors (Lipinski definition) is 5. The van der Waals surface area contributed by atoms with Crippen molar-refractivity contribution in [3.63, 3.8) is 0 Å². The zero-order valence-electron chi connectivity index (χ0n) is 9.85. The van der Waals surface area contributed by atoms with Gasteiger partial charge in [-0.15, -0.1) is 0 Å². The third-order valence-corrected chi connectivity index (χ3v) is 3.62. The maximum atomic E-state index is 11.5. The summed E-state index contributed by atoms with van der Waals surface area (Å²) in [5.74, 6) is 1.11. The fraction of sp³-hybridized carbons (Fsp3) is 0.700. The van der Waals surface area contributed by atoms with Gasteiger partial charge >= 0.3 is 0 Å². The number of aliphatic hydroxyl groups is 1. The Morgan fingerprint density at radius 1 is 1.47 bits per heavy atom. The van der Waals surface area contributed by atoms with Crippen molar-refractivity contribution in [1.82, 2.24) is 9.71 Å². The first-order valence-corrected chi connectivity index (χ1v) is 7.24. The minimum absolute atomic E-state index is 0.00883. The van der Waals surface area contributed by atoms with E-state index in [9.17, 15) is 8.42 Å². The number of nitrogens with zero attached hydrogens (tertiary/aromatic N) is 1. The molecule has 1 heterocycles. The standard InChI is InChI=1S/C10H18N2O4S/c1-2-9-7-11-10(16-9)8-12-17(14,15)6-4-3-5-13/h7,12-13H,2-6,8H2,1H3. The molecule has 1 aromatic rings. The van der Waals surface area contributed by atoms with Gasteiger partial charge in [0.15, 0.2) is 0 Å². The van der Waals surface area contributed by atoms with Crippen molar-refractivity contribution in [2.75, 3.05) is 12.4 Å². The van der Waals surface area contributed by atoms with Gasteiger partial charge in [-0.2, -0.15) is 0 Å². The SMILES string of the molecule is CCc1cnc(CNS(=O)(=O)CCCCO)o1. The fourth-order valence-electron chi connectivity index (χ4n) is 1.24.